The minimum absolute atomic E-state index is 0.0188. The molecule has 0 unspecified atom stereocenters. The molecule has 1 aliphatic rings. The first-order chi connectivity index (χ1) is 12.5. The lowest BCUT2D eigenvalue weighted by Crippen LogP contribution is -2.42. The Morgan fingerprint density at radius 3 is 2.54 bits per heavy atom. The standard InChI is InChI=1S/C18H19N3O5/c1-12(22)13-2-3-16(17(10-13)21(24)25)19-15-4-7-20(8-5-15)18(23)14-6-9-26-11-14/h2-3,6,9-11,15,19H,4-5,7-8H2,1H3. The smallest absolute Gasteiger partial charge is 0.293 e. The number of hydrogen-bond acceptors (Lipinski definition) is 6. The second kappa shape index (κ2) is 7.38. The zero-order valence-corrected chi connectivity index (χ0v) is 14.3. The maximum atomic E-state index is 12.3. The number of likely N-dealkylation sites (tertiary alicyclic amines) is 1. The first-order valence-corrected chi connectivity index (χ1v) is 8.33. The highest BCUT2D eigenvalue weighted by Crippen LogP contribution is 2.28. The zero-order valence-electron chi connectivity index (χ0n) is 14.3. The predicted octanol–water partition coefficient (Wildman–Crippen LogP) is 3.11. The maximum Gasteiger partial charge on any atom is 0.293 e. The van der Waals surface area contributed by atoms with Gasteiger partial charge in [-0.25, -0.2) is 0 Å². The molecule has 1 aromatic heterocycles. The molecule has 0 radical (unpaired) electrons. The van der Waals surface area contributed by atoms with Gasteiger partial charge in [0.25, 0.3) is 11.6 Å². The molecular formula is C18H19N3O5. The van der Waals surface area contributed by atoms with Crippen LogP contribution in [0.1, 0.15) is 40.5 Å². The minimum atomic E-state index is -0.494. The number of anilines is 1. The number of rotatable bonds is 5. The molecule has 8 nitrogen and oxygen atoms in total. The van der Waals surface area contributed by atoms with Crippen molar-refractivity contribution in [3.05, 3.63) is 58.0 Å². The Kier molecular flexibility index (Phi) is 5.01. The van der Waals surface area contributed by atoms with Crippen LogP contribution in [0.5, 0.6) is 0 Å². The third-order valence-corrected chi connectivity index (χ3v) is 4.51. The number of amides is 1. The number of nitro groups is 1. The van der Waals surface area contributed by atoms with Crippen molar-refractivity contribution in [1.29, 1.82) is 0 Å². The van der Waals surface area contributed by atoms with Gasteiger partial charge in [-0.15, -0.1) is 0 Å². The molecule has 0 spiro atoms. The van der Waals surface area contributed by atoms with E-state index in [4.69, 9.17) is 4.42 Å². The second-order valence-corrected chi connectivity index (χ2v) is 6.27. The Morgan fingerprint density at radius 2 is 1.96 bits per heavy atom. The van der Waals surface area contributed by atoms with Crippen LogP contribution in [0.3, 0.4) is 0 Å². The number of nitro benzene ring substituents is 1. The number of ketones is 1. The zero-order chi connectivity index (χ0) is 18.7. The molecular weight excluding hydrogens is 338 g/mol. The lowest BCUT2D eigenvalue weighted by atomic mass is 10.0. The first kappa shape index (κ1) is 17.7. The summed E-state index contributed by atoms with van der Waals surface area (Å²) < 4.78 is 4.94. The second-order valence-electron chi connectivity index (χ2n) is 6.27. The maximum absolute atomic E-state index is 12.3. The van der Waals surface area contributed by atoms with Crippen molar-refractivity contribution >= 4 is 23.1 Å². The van der Waals surface area contributed by atoms with Crippen molar-refractivity contribution in [2.24, 2.45) is 0 Å². The lowest BCUT2D eigenvalue weighted by Gasteiger charge is -2.32. The molecule has 1 aromatic carbocycles. The van der Waals surface area contributed by atoms with Crippen LogP contribution in [0, 0.1) is 10.1 Å². The van der Waals surface area contributed by atoms with Gasteiger partial charge in [0.1, 0.15) is 12.0 Å². The number of carbonyl (C=O) groups excluding carboxylic acids is 2. The molecule has 136 valence electrons. The van der Waals surface area contributed by atoms with E-state index < -0.39 is 4.92 Å². The van der Waals surface area contributed by atoms with Crippen LogP contribution < -0.4 is 5.32 Å². The summed E-state index contributed by atoms with van der Waals surface area (Å²) >= 11 is 0. The van der Waals surface area contributed by atoms with Gasteiger partial charge in [0, 0.05) is 30.8 Å². The predicted molar refractivity (Wildman–Crippen MR) is 94.4 cm³/mol. The van der Waals surface area contributed by atoms with Gasteiger partial charge in [-0.2, -0.15) is 0 Å². The average molecular weight is 357 g/mol. The van der Waals surface area contributed by atoms with Gasteiger partial charge in [0.05, 0.1) is 16.7 Å². The summed E-state index contributed by atoms with van der Waals surface area (Å²) in [5.74, 6) is -0.292. The van der Waals surface area contributed by atoms with Gasteiger partial charge in [0.2, 0.25) is 0 Å². The van der Waals surface area contributed by atoms with E-state index in [1.165, 1.54) is 25.5 Å². The number of Topliss-reactive ketones (excluding diaryl/α,β-unsaturated/α-hetero) is 1. The van der Waals surface area contributed by atoms with Crippen LogP contribution in [-0.4, -0.2) is 40.6 Å². The molecule has 1 amide bonds. The summed E-state index contributed by atoms with van der Waals surface area (Å²) in [5, 5.41) is 14.5. The normalized spacial score (nSPS) is 14.9. The molecule has 26 heavy (non-hydrogen) atoms. The van der Waals surface area contributed by atoms with E-state index in [1.54, 1.807) is 23.1 Å². The van der Waals surface area contributed by atoms with E-state index in [2.05, 4.69) is 5.32 Å². The monoisotopic (exact) mass is 357 g/mol. The van der Waals surface area contributed by atoms with Crippen LogP contribution in [0.2, 0.25) is 0 Å². The molecule has 3 rings (SSSR count). The van der Waals surface area contributed by atoms with Gasteiger partial charge < -0.3 is 14.6 Å². The molecule has 0 aliphatic carbocycles. The van der Waals surface area contributed by atoms with Crippen LogP contribution in [0.4, 0.5) is 11.4 Å². The van der Waals surface area contributed by atoms with Gasteiger partial charge in [0.15, 0.2) is 5.78 Å². The molecule has 0 bridgehead atoms. The molecule has 2 heterocycles. The van der Waals surface area contributed by atoms with Crippen LogP contribution >= 0.6 is 0 Å². The molecule has 0 atom stereocenters. The Labute approximate surface area is 149 Å². The number of hydrogen-bond donors (Lipinski definition) is 1. The van der Waals surface area contributed by atoms with E-state index in [-0.39, 0.29) is 23.4 Å². The quantitative estimate of drug-likeness (QED) is 0.501. The highest BCUT2D eigenvalue weighted by Gasteiger charge is 2.26. The average Bonchev–Trinajstić information content (AvgIpc) is 3.16. The minimum Gasteiger partial charge on any atom is -0.472 e. The summed E-state index contributed by atoms with van der Waals surface area (Å²) in [4.78, 5) is 36.3. The van der Waals surface area contributed by atoms with Gasteiger partial charge in [-0.1, -0.05) is 0 Å². The topological polar surface area (TPSA) is 106 Å². The van der Waals surface area contributed by atoms with Crippen molar-refractivity contribution in [2.45, 2.75) is 25.8 Å². The highest BCUT2D eigenvalue weighted by molar-refractivity contribution is 5.95. The number of benzene rings is 1. The van der Waals surface area contributed by atoms with Crippen LogP contribution in [0.25, 0.3) is 0 Å². The number of piperidine rings is 1. The Balaban J connectivity index is 1.65. The fourth-order valence-corrected chi connectivity index (χ4v) is 3.04. The Hall–Kier alpha value is -3.16. The number of carbonyl (C=O) groups is 2. The molecule has 0 saturated carbocycles. The molecule has 1 saturated heterocycles. The summed E-state index contributed by atoms with van der Waals surface area (Å²) in [6.45, 7) is 2.49. The van der Waals surface area contributed by atoms with Crippen molar-refractivity contribution in [3.63, 3.8) is 0 Å². The van der Waals surface area contributed by atoms with Gasteiger partial charge >= 0.3 is 0 Å². The molecule has 1 N–H and O–H groups in total. The summed E-state index contributed by atoms with van der Waals surface area (Å²) in [6.07, 6.45) is 4.24. The Morgan fingerprint density at radius 1 is 1.23 bits per heavy atom. The summed E-state index contributed by atoms with van der Waals surface area (Å²) in [6, 6.07) is 6.09. The molecule has 8 heteroatoms. The highest BCUT2D eigenvalue weighted by atomic mass is 16.6. The Bertz CT molecular complexity index is 823. The summed E-state index contributed by atoms with van der Waals surface area (Å²) in [7, 11) is 0. The fourth-order valence-electron chi connectivity index (χ4n) is 3.04. The van der Waals surface area contributed by atoms with Crippen LogP contribution in [0.15, 0.2) is 41.2 Å². The van der Waals surface area contributed by atoms with E-state index in [0.29, 0.717) is 42.7 Å². The van der Waals surface area contributed by atoms with Gasteiger partial charge in [-0.05, 0) is 38.0 Å². The van der Waals surface area contributed by atoms with Gasteiger partial charge in [-0.3, -0.25) is 19.7 Å². The number of furan rings is 1. The number of nitrogens with zero attached hydrogens (tertiary/aromatic N) is 2. The van der Waals surface area contributed by atoms with E-state index >= 15 is 0 Å². The van der Waals surface area contributed by atoms with E-state index in [1.807, 2.05) is 0 Å². The fraction of sp³-hybridized carbons (Fsp3) is 0.333. The molecule has 1 aliphatic heterocycles. The van der Waals surface area contributed by atoms with Crippen molar-refractivity contribution in [2.75, 3.05) is 18.4 Å². The first-order valence-electron chi connectivity index (χ1n) is 8.33. The SMILES string of the molecule is CC(=O)c1ccc(NC2CCN(C(=O)c3ccoc3)CC2)c([N+](=O)[O-])c1. The van der Waals surface area contributed by atoms with Crippen molar-refractivity contribution in [3.8, 4) is 0 Å². The van der Waals surface area contributed by atoms with E-state index in [0.717, 1.165) is 0 Å². The van der Waals surface area contributed by atoms with E-state index in [9.17, 15) is 19.7 Å². The lowest BCUT2D eigenvalue weighted by molar-refractivity contribution is -0.384. The summed E-state index contributed by atoms with van der Waals surface area (Å²) in [5.41, 5.74) is 1.10. The number of nitrogens with one attached hydrogen (secondary N) is 1. The largest absolute Gasteiger partial charge is 0.472 e. The molecule has 2 aromatic rings. The van der Waals surface area contributed by atoms with Crippen LogP contribution in [-0.2, 0) is 0 Å². The third-order valence-electron chi connectivity index (χ3n) is 4.51. The third kappa shape index (κ3) is 3.74. The molecule has 1 fully saturated rings. The van der Waals surface area contributed by atoms with Crippen molar-refractivity contribution in [1.82, 2.24) is 4.90 Å². The van der Waals surface area contributed by atoms with Crippen molar-refractivity contribution < 1.29 is 18.9 Å².